The lowest BCUT2D eigenvalue weighted by molar-refractivity contribution is 0.518. The van der Waals surface area contributed by atoms with Crippen molar-refractivity contribution in [3.05, 3.63) is 70.8 Å². The van der Waals surface area contributed by atoms with Crippen molar-refractivity contribution in [3.8, 4) is 6.07 Å². The summed E-state index contributed by atoms with van der Waals surface area (Å²) in [6.45, 7) is 2.36. The Balaban J connectivity index is 0.00000220. The molecule has 2 rings (SSSR count). The van der Waals surface area contributed by atoms with E-state index in [1.165, 1.54) is 12.1 Å². The van der Waals surface area contributed by atoms with Crippen molar-refractivity contribution in [1.29, 1.82) is 5.26 Å². The van der Waals surface area contributed by atoms with E-state index >= 15 is 0 Å². The third kappa shape index (κ3) is 4.52. The highest BCUT2D eigenvalue weighted by atomic mass is 35.5. The summed E-state index contributed by atoms with van der Waals surface area (Å²) < 4.78 is 26.5. The van der Waals surface area contributed by atoms with Crippen LogP contribution in [-0.4, -0.2) is 0 Å². The molecule has 0 heterocycles. The van der Waals surface area contributed by atoms with Crippen LogP contribution in [0.4, 0.5) is 8.78 Å². The summed E-state index contributed by atoms with van der Waals surface area (Å²) >= 11 is 0. The molecule has 1 N–H and O–H groups in total. The fourth-order valence-electron chi connectivity index (χ4n) is 1.93. The van der Waals surface area contributed by atoms with Crippen LogP contribution in [0.3, 0.4) is 0 Å². The zero-order valence-corrected chi connectivity index (χ0v) is 12.3. The standard InChI is InChI=1S/C16H14F2N2.ClH/c1-11(15-7-6-14(17)8-16(15)18)20-10-13-4-2-12(9-19)3-5-13;/h2-8,11,20H,10H2,1H3;1H. The van der Waals surface area contributed by atoms with E-state index in [0.717, 1.165) is 11.6 Å². The Hall–Kier alpha value is -1.96. The Labute approximate surface area is 128 Å². The maximum Gasteiger partial charge on any atom is 0.130 e. The molecule has 0 amide bonds. The van der Waals surface area contributed by atoms with Gasteiger partial charge in [-0.15, -0.1) is 12.4 Å². The topological polar surface area (TPSA) is 35.8 Å². The second-order valence-corrected chi connectivity index (χ2v) is 4.58. The fourth-order valence-corrected chi connectivity index (χ4v) is 1.93. The Kier molecular flexibility index (Phi) is 6.29. The molecule has 0 spiro atoms. The SMILES string of the molecule is CC(NCc1ccc(C#N)cc1)c1ccc(F)cc1F.Cl. The van der Waals surface area contributed by atoms with Crippen molar-refractivity contribution in [2.24, 2.45) is 0 Å². The largest absolute Gasteiger partial charge is 0.306 e. The van der Waals surface area contributed by atoms with Gasteiger partial charge < -0.3 is 5.32 Å². The number of hydrogen-bond acceptors (Lipinski definition) is 2. The molecule has 0 saturated heterocycles. The third-order valence-electron chi connectivity index (χ3n) is 3.12. The Morgan fingerprint density at radius 1 is 1.14 bits per heavy atom. The van der Waals surface area contributed by atoms with Crippen LogP contribution in [0.2, 0.25) is 0 Å². The van der Waals surface area contributed by atoms with Gasteiger partial charge in [-0.2, -0.15) is 5.26 Å². The average Bonchev–Trinajstić information content (AvgIpc) is 2.45. The monoisotopic (exact) mass is 308 g/mol. The van der Waals surface area contributed by atoms with Gasteiger partial charge in [0.05, 0.1) is 11.6 Å². The predicted molar refractivity (Wildman–Crippen MR) is 80.0 cm³/mol. The summed E-state index contributed by atoms with van der Waals surface area (Å²) in [5.41, 5.74) is 2.03. The first kappa shape index (κ1) is 17.1. The highest BCUT2D eigenvalue weighted by Crippen LogP contribution is 2.18. The molecule has 0 radical (unpaired) electrons. The second kappa shape index (κ2) is 7.72. The van der Waals surface area contributed by atoms with Gasteiger partial charge in [-0.3, -0.25) is 0 Å². The first-order chi connectivity index (χ1) is 9.60. The molecular formula is C16H15ClF2N2. The number of hydrogen-bond donors (Lipinski definition) is 1. The van der Waals surface area contributed by atoms with Crippen molar-refractivity contribution < 1.29 is 8.78 Å². The predicted octanol–water partition coefficient (Wildman–Crippen LogP) is 4.11. The quantitative estimate of drug-likeness (QED) is 0.922. The zero-order valence-electron chi connectivity index (χ0n) is 11.4. The highest BCUT2D eigenvalue weighted by Gasteiger charge is 2.11. The van der Waals surface area contributed by atoms with Crippen LogP contribution in [0.5, 0.6) is 0 Å². The van der Waals surface area contributed by atoms with Crippen LogP contribution in [-0.2, 0) is 6.54 Å². The van der Waals surface area contributed by atoms with E-state index in [4.69, 9.17) is 5.26 Å². The van der Waals surface area contributed by atoms with Crippen molar-refractivity contribution in [3.63, 3.8) is 0 Å². The van der Waals surface area contributed by atoms with Gasteiger partial charge in [-0.25, -0.2) is 8.78 Å². The third-order valence-corrected chi connectivity index (χ3v) is 3.12. The number of nitrogens with zero attached hydrogens (tertiary/aromatic N) is 1. The van der Waals surface area contributed by atoms with Crippen LogP contribution in [0.1, 0.15) is 29.7 Å². The molecule has 2 aromatic rings. The molecule has 0 aliphatic rings. The van der Waals surface area contributed by atoms with Crippen molar-refractivity contribution in [2.75, 3.05) is 0 Å². The van der Waals surface area contributed by atoms with Gasteiger partial charge in [0.2, 0.25) is 0 Å². The summed E-state index contributed by atoms with van der Waals surface area (Å²) in [6, 6.07) is 12.6. The average molecular weight is 309 g/mol. The normalized spacial score (nSPS) is 11.3. The van der Waals surface area contributed by atoms with Gasteiger partial charge in [-0.05, 0) is 30.7 Å². The Bertz CT molecular complexity index is 636. The summed E-state index contributed by atoms with van der Waals surface area (Å²) in [5.74, 6) is -1.13. The minimum atomic E-state index is -0.578. The molecule has 2 aromatic carbocycles. The molecule has 0 aliphatic carbocycles. The maximum atomic E-state index is 13.6. The molecular weight excluding hydrogens is 294 g/mol. The van der Waals surface area contributed by atoms with E-state index in [9.17, 15) is 8.78 Å². The van der Waals surface area contributed by atoms with Crippen LogP contribution < -0.4 is 5.32 Å². The molecule has 21 heavy (non-hydrogen) atoms. The molecule has 2 nitrogen and oxygen atoms in total. The summed E-state index contributed by atoms with van der Waals surface area (Å²) in [6.07, 6.45) is 0. The lowest BCUT2D eigenvalue weighted by atomic mass is 10.1. The molecule has 110 valence electrons. The van der Waals surface area contributed by atoms with Gasteiger partial charge in [0.15, 0.2) is 0 Å². The lowest BCUT2D eigenvalue weighted by Crippen LogP contribution is -2.19. The van der Waals surface area contributed by atoms with E-state index in [-0.39, 0.29) is 18.4 Å². The van der Waals surface area contributed by atoms with Crippen LogP contribution in [0, 0.1) is 23.0 Å². The van der Waals surface area contributed by atoms with Crippen molar-refractivity contribution in [1.82, 2.24) is 5.32 Å². The molecule has 0 saturated carbocycles. The number of nitrogens with one attached hydrogen (secondary N) is 1. The van der Waals surface area contributed by atoms with Gasteiger partial charge in [0.1, 0.15) is 11.6 Å². The molecule has 5 heteroatoms. The van der Waals surface area contributed by atoms with Gasteiger partial charge in [0.25, 0.3) is 0 Å². The minimum Gasteiger partial charge on any atom is -0.306 e. The molecule has 0 fully saturated rings. The Morgan fingerprint density at radius 3 is 2.38 bits per heavy atom. The highest BCUT2D eigenvalue weighted by molar-refractivity contribution is 5.85. The fraction of sp³-hybridized carbons (Fsp3) is 0.188. The molecule has 0 bridgehead atoms. The smallest absolute Gasteiger partial charge is 0.130 e. The van der Waals surface area contributed by atoms with Crippen molar-refractivity contribution in [2.45, 2.75) is 19.5 Å². The molecule has 1 atom stereocenters. The Morgan fingerprint density at radius 2 is 1.81 bits per heavy atom. The first-order valence-corrected chi connectivity index (χ1v) is 6.27. The van der Waals surface area contributed by atoms with E-state index in [2.05, 4.69) is 11.4 Å². The molecule has 0 aliphatic heterocycles. The van der Waals surface area contributed by atoms with E-state index in [0.29, 0.717) is 17.7 Å². The lowest BCUT2D eigenvalue weighted by Gasteiger charge is -2.15. The van der Waals surface area contributed by atoms with Crippen molar-refractivity contribution >= 4 is 12.4 Å². The van der Waals surface area contributed by atoms with Gasteiger partial charge in [0, 0.05) is 24.2 Å². The minimum absolute atomic E-state index is 0. The number of halogens is 3. The van der Waals surface area contributed by atoms with Gasteiger partial charge in [-0.1, -0.05) is 18.2 Å². The number of rotatable bonds is 4. The van der Waals surface area contributed by atoms with Crippen LogP contribution in [0.15, 0.2) is 42.5 Å². The van der Waals surface area contributed by atoms with E-state index < -0.39 is 11.6 Å². The summed E-state index contributed by atoms with van der Waals surface area (Å²) in [7, 11) is 0. The van der Waals surface area contributed by atoms with Gasteiger partial charge >= 0.3 is 0 Å². The van der Waals surface area contributed by atoms with Crippen LogP contribution >= 0.6 is 12.4 Å². The maximum absolute atomic E-state index is 13.6. The van der Waals surface area contributed by atoms with Crippen LogP contribution in [0.25, 0.3) is 0 Å². The molecule has 0 aromatic heterocycles. The zero-order chi connectivity index (χ0) is 14.5. The first-order valence-electron chi connectivity index (χ1n) is 6.27. The van der Waals surface area contributed by atoms with E-state index in [1.54, 1.807) is 12.1 Å². The summed E-state index contributed by atoms with van der Waals surface area (Å²) in [5, 5.41) is 11.9. The summed E-state index contributed by atoms with van der Waals surface area (Å²) in [4.78, 5) is 0. The number of nitriles is 1. The molecule has 1 unspecified atom stereocenters. The van der Waals surface area contributed by atoms with E-state index in [1.807, 2.05) is 19.1 Å². The number of benzene rings is 2. The second-order valence-electron chi connectivity index (χ2n) is 4.58.